The van der Waals surface area contributed by atoms with E-state index in [0.29, 0.717) is 11.1 Å². The number of aromatic nitrogens is 1. The van der Waals surface area contributed by atoms with E-state index in [9.17, 15) is 13.6 Å². The van der Waals surface area contributed by atoms with Gasteiger partial charge >= 0.3 is 5.92 Å². The van der Waals surface area contributed by atoms with Crippen molar-refractivity contribution in [3.8, 4) is 6.07 Å². The van der Waals surface area contributed by atoms with Crippen molar-refractivity contribution in [1.29, 1.82) is 10.7 Å². The summed E-state index contributed by atoms with van der Waals surface area (Å²) in [5.74, 6) is -4.05. The molecule has 1 atom stereocenters. The fourth-order valence-corrected chi connectivity index (χ4v) is 3.31. The fourth-order valence-electron chi connectivity index (χ4n) is 2.63. The van der Waals surface area contributed by atoms with Crippen molar-refractivity contribution in [2.24, 2.45) is 0 Å². The first-order valence-corrected chi connectivity index (χ1v) is 11.0. The zero-order chi connectivity index (χ0) is 21.8. The Labute approximate surface area is 169 Å². The minimum Gasteiger partial charge on any atom is -0.363 e. The normalized spacial score (nSPS) is 12.2. The second-order valence-electron chi connectivity index (χ2n) is 6.62. The summed E-state index contributed by atoms with van der Waals surface area (Å²) >= 11 is 0. The lowest BCUT2D eigenvalue weighted by atomic mass is 10.0. The van der Waals surface area contributed by atoms with Gasteiger partial charge in [0, 0.05) is 30.4 Å². The number of nitrogens with one attached hydrogen (secondary N) is 3. The summed E-state index contributed by atoms with van der Waals surface area (Å²) in [6.45, 7) is 5.79. The molecule has 29 heavy (non-hydrogen) atoms. The molecule has 0 aliphatic rings. The van der Waals surface area contributed by atoms with Crippen LogP contribution < -0.4 is 15.9 Å². The molecule has 0 spiro atoms. The molecule has 2 rings (SSSR count). The summed E-state index contributed by atoms with van der Waals surface area (Å²) in [6.07, 6.45) is 1.63. The molecule has 1 aromatic carbocycles. The van der Waals surface area contributed by atoms with Gasteiger partial charge in [0.1, 0.15) is 17.6 Å². The van der Waals surface area contributed by atoms with Crippen LogP contribution in [0.15, 0.2) is 36.5 Å². The quantitative estimate of drug-likeness (QED) is 0.382. The summed E-state index contributed by atoms with van der Waals surface area (Å²) < 4.78 is 27.4. The lowest BCUT2D eigenvalue weighted by Gasteiger charge is -2.20. The maximum atomic E-state index is 13.7. The van der Waals surface area contributed by atoms with Crippen molar-refractivity contribution in [3.63, 3.8) is 0 Å². The van der Waals surface area contributed by atoms with E-state index in [1.54, 1.807) is 25.3 Å². The van der Waals surface area contributed by atoms with Crippen molar-refractivity contribution < 1.29 is 13.6 Å². The van der Waals surface area contributed by atoms with Crippen molar-refractivity contribution in [2.45, 2.75) is 18.9 Å². The second kappa shape index (κ2) is 9.06. The smallest absolute Gasteiger partial charge is 0.357 e. The van der Waals surface area contributed by atoms with E-state index >= 15 is 0 Å². The number of amidine groups is 1. The van der Waals surface area contributed by atoms with Gasteiger partial charge in [-0.25, -0.2) is 4.98 Å². The molecule has 0 saturated carbocycles. The fraction of sp³-hybridized carbons (Fsp3) is 0.300. The molecule has 0 bridgehead atoms. The summed E-state index contributed by atoms with van der Waals surface area (Å²) in [6, 6.07) is 7.73. The molecule has 0 radical (unpaired) electrons. The Morgan fingerprint density at radius 1 is 1.34 bits per heavy atom. The largest absolute Gasteiger partial charge is 0.363 e. The topological polar surface area (TPSA) is 102 Å². The van der Waals surface area contributed by atoms with Crippen LogP contribution in [-0.2, 0) is 5.92 Å². The van der Waals surface area contributed by atoms with E-state index in [-0.39, 0.29) is 11.5 Å². The van der Waals surface area contributed by atoms with Gasteiger partial charge in [-0.3, -0.25) is 10.2 Å². The number of rotatable bonds is 6. The van der Waals surface area contributed by atoms with Crippen LogP contribution in [0.4, 0.5) is 8.78 Å². The number of hydrogen-bond donors (Lipinski definition) is 3. The molecule has 0 unspecified atom stereocenters. The Bertz CT molecular complexity index is 972. The molecule has 1 amide bonds. The monoisotopic (exact) mass is 417 g/mol. The lowest BCUT2D eigenvalue weighted by Crippen LogP contribution is -2.32. The van der Waals surface area contributed by atoms with Crippen LogP contribution in [-0.4, -0.2) is 37.1 Å². The van der Waals surface area contributed by atoms with Crippen LogP contribution in [0.1, 0.15) is 40.1 Å². The van der Waals surface area contributed by atoms with Gasteiger partial charge in [-0.2, -0.15) is 14.0 Å². The Kier molecular flexibility index (Phi) is 6.99. The van der Waals surface area contributed by atoms with E-state index in [1.165, 1.54) is 25.2 Å². The molecular weight excluding hydrogens is 395 g/mol. The molecule has 2 aromatic rings. The third-order valence-electron chi connectivity index (χ3n) is 4.35. The van der Waals surface area contributed by atoms with E-state index in [1.807, 2.05) is 13.3 Å². The van der Waals surface area contributed by atoms with E-state index in [0.717, 1.165) is 11.4 Å². The minimum absolute atomic E-state index is 0.0419. The SMILES string of the molecule is CNC(=O)c1ncc(P(C)C)cc1C(=N)N[C@H](C)c1cccc(C(F)(F)C#N)c1. The molecular formula is C20H22F2N5OP. The molecule has 0 aliphatic carbocycles. The zero-order valence-electron chi connectivity index (χ0n) is 16.5. The maximum absolute atomic E-state index is 13.7. The number of nitrogens with zero attached hydrogens (tertiary/aromatic N) is 2. The summed E-state index contributed by atoms with van der Waals surface area (Å²) in [4.78, 5) is 16.4. The Balaban J connectivity index is 2.35. The van der Waals surface area contributed by atoms with E-state index < -0.39 is 31.4 Å². The minimum atomic E-state index is -3.59. The Morgan fingerprint density at radius 3 is 2.62 bits per heavy atom. The summed E-state index contributed by atoms with van der Waals surface area (Å²) in [5, 5.41) is 23.5. The van der Waals surface area contributed by atoms with Gasteiger partial charge in [-0.15, -0.1) is 0 Å². The average Bonchev–Trinajstić information content (AvgIpc) is 2.72. The highest BCUT2D eigenvalue weighted by atomic mass is 31.1. The lowest BCUT2D eigenvalue weighted by molar-refractivity contribution is 0.0611. The molecule has 6 nitrogen and oxygen atoms in total. The standard InChI is InChI=1S/C20H22F2N5OP/c1-12(13-6-5-7-14(8-13)20(21,22)11-23)27-18(24)16-9-15(29(3)4)10-26-17(16)19(28)25-2/h5-10,12H,1-4H3,(H2,24,27)(H,25,28)/t12-/m1/s1. The highest BCUT2D eigenvalue weighted by molar-refractivity contribution is 7.64. The number of alkyl halides is 2. The van der Waals surface area contributed by atoms with Gasteiger partial charge in [0.15, 0.2) is 0 Å². The molecule has 0 aliphatic heterocycles. The van der Waals surface area contributed by atoms with Gasteiger partial charge in [0.05, 0.1) is 0 Å². The second-order valence-corrected chi connectivity index (χ2v) is 8.92. The van der Waals surface area contributed by atoms with Gasteiger partial charge in [0.2, 0.25) is 0 Å². The number of hydrogen-bond acceptors (Lipinski definition) is 4. The van der Waals surface area contributed by atoms with E-state index in [2.05, 4.69) is 15.6 Å². The molecule has 152 valence electrons. The first-order valence-electron chi connectivity index (χ1n) is 8.75. The number of benzene rings is 1. The number of carbonyl (C=O) groups is 1. The molecule has 3 N–H and O–H groups in total. The highest BCUT2D eigenvalue weighted by Gasteiger charge is 2.31. The van der Waals surface area contributed by atoms with Gasteiger partial charge in [-0.05, 0) is 43.3 Å². The Morgan fingerprint density at radius 2 is 2.03 bits per heavy atom. The first kappa shape index (κ1) is 22.4. The summed E-state index contributed by atoms with van der Waals surface area (Å²) in [7, 11) is 0.992. The molecule has 1 heterocycles. The van der Waals surface area contributed by atoms with Crippen molar-refractivity contribution in [1.82, 2.24) is 15.6 Å². The van der Waals surface area contributed by atoms with Crippen LogP contribution in [0.2, 0.25) is 0 Å². The van der Waals surface area contributed by atoms with Gasteiger partial charge in [0.25, 0.3) is 5.91 Å². The molecule has 0 fully saturated rings. The van der Waals surface area contributed by atoms with Gasteiger partial charge < -0.3 is 10.6 Å². The van der Waals surface area contributed by atoms with Crippen molar-refractivity contribution in [3.05, 3.63) is 58.9 Å². The van der Waals surface area contributed by atoms with Gasteiger partial charge in [-0.1, -0.05) is 26.1 Å². The third kappa shape index (κ3) is 5.12. The Hall–Kier alpha value is -2.91. The average molecular weight is 417 g/mol. The predicted molar refractivity (Wildman–Crippen MR) is 110 cm³/mol. The third-order valence-corrected chi connectivity index (χ3v) is 5.63. The van der Waals surface area contributed by atoms with E-state index in [4.69, 9.17) is 10.7 Å². The van der Waals surface area contributed by atoms with Crippen LogP contribution in [0, 0.1) is 16.7 Å². The number of amides is 1. The zero-order valence-corrected chi connectivity index (χ0v) is 17.4. The predicted octanol–water partition coefficient (Wildman–Crippen LogP) is 3.10. The number of nitriles is 1. The molecule has 9 heteroatoms. The highest BCUT2D eigenvalue weighted by Crippen LogP contribution is 2.29. The van der Waals surface area contributed by atoms with Crippen molar-refractivity contribution in [2.75, 3.05) is 20.4 Å². The number of halogens is 2. The van der Waals surface area contributed by atoms with Crippen LogP contribution in [0.5, 0.6) is 0 Å². The maximum Gasteiger partial charge on any atom is 0.357 e. The van der Waals surface area contributed by atoms with Crippen LogP contribution >= 0.6 is 7.92 Å². The molecule has 0 saturated heterocycles. The van der Waals surface area contributed by atoms with Crippen LogP contribution in [0.25, 0.3) is 0 Å². The van der Waals surface area contributed by atoms with Crippen LogP contribution in [0.3, 0.4) is 0 Å². The number of carbonyl (C=O) groups excluding carboxylic acids is 1. The number of pyridine rings is 1. The van der Waals surface area contributed by atoms with Crippen molar-refractivity contribution >= 4 is 25.0 Å². The first-order chi connectivity index (χ1) is 13.6. The summed E-state index contributed by atoms with van der Waals surface area (Å²) in [5.41, 5.74) is 0.530. The molecule has 1 aromatic heterocycles.